The van der Waals surface area contributed by atoms with Crippen LogP contribution < -0.4 is 5.32 Å². The van der Waals surface area contributed by atoms with E-state index in [1.54, 1.807) is 0 Å². The van der Waals surface area contributed by atoms with E-state index in [0.717, 1.165) is 13.0 Å². The summed E-state index contributed by atoms with van der Waals surface area (Å²) >= 11 is 0. The van der Waals surface area contributed by atoms with Gasteiger partial charge in [0.25, 0.3) is 0 Å². The molecule has 2 heteroatoms. The van der Waals surface area contributed by atoms with E-state index in [-0.39, 0.29) is 12.6 Å². The van der Waals surface area contributed by atoms with Gasteiger partial charge in [-0.3, -0.25) is 0 Å². The number of unbranched alkanes of at least 4 members (excludes halogenated alkanes) is 7. The number of aliphatic hydroxyl groups is 1. The van der Waals surface area contributed by atoms with Crippen LogP contribution in [0, 0.1) is 0 Å². The van der Waals surface area contributed by atoms with Crippen molar-refractivity contribution in [3.8, 4) is 0 Å². The number of aliphatic hydroxyl groups excluding tert-OH is 1. The van der Waals surface area contributed by atoms with Gasteiger partial charge in [0.1, 0.15) is 0 Å². The standard InChI is InChI=1S/C19H33NO/c1-2-3-4-5-6-7-8-12-15-20-19(17-21)16-18-13-10-9-11-14-18/h9-11,13-14,19-21H,2-8,12,15-17H2,1H3/t19-/m1/s1. The summed E-state index contributed by atoms with van der Waals surface area (Å²) in [5.41, 5.74) is 1.29. The van der Waals surface area contributed by atoms with Crippen molar-refractivity contribution < 1.29 is 5.11 Å². The summed E-state index contributed by atoms with van der Waals surface area (Å²) in [6.45, 7) is 3.50. The summed E-state index contributed by atoms with van der Waals surface area (Å²) in [5.74, 6) is 0. The molecule has 0 amide bonds. The maximum atomic E-state index is 9.45. The van der Waals surface area contributed by atoms with Gasteiger partial charge >= 0.3 is 0 Å². The lowest BCUT2D eigenvalue weighted by atomic mass is 10.1. The second kappa shape index (κ2) is 12.8. The van der Waals surface area contributed by atoms with Crippen LogP contribution in [0.15, 0.2) is 30.3 Å². The van der Waals surface area contributed by atoms with Crippen LogP contribution in [0.1, 0.15) is 63.9 Å². The molecule has 0 spiro atoms. The van der Waals surface area contributed by atoms with Gasteiger partial charge in [-0.05, 0) is 24.9 Å². The van der Waals surface area contributed by atoms with Crippen molar-refractivity contribution in [3.63, 3.8) is 0 Å². The van der Waals surface area contributed by atoms with Gasteiger partial charge in [0.05, 0.1) is 6.61 Å². The lowest BCUT2D eigenvalue weighted by Crippen LogP contribution is -2.35. The monoisotopic (exact) mass is 291 g/mol. The average molecular weight is 291 g/mol. The van der Waals surface area contributed by atoms with Crippen LogP contribution in [0.5, 0.6) is 0 Å². The Labute approximate surface area is 131 Å². The van der Waals surface area contributed by atoms with E-state index in [1.165, 1.54) is 56.9 Å². The first-order valence-corrected chi connectivity index (χ1v) is 8.75. The van der Waals surface area contributed by atoms with Crippen molar-refractivity contribution >= 4 is 0 Å². The summed E-state index contributed by atoms with van der Waals surface area (Å²) in [4.78, 5) is 0. The summed E-state index contributed by atoms with van der Waals surface area (Å²) < 4.78 is 0. The normalized spacial score (nSPS) is 12.5. The molecular formula is C19H33NO. The zero-order chi connectivity index (χ0) is 15.2. The molecule has 2 nitrogen and oxygen atoms in total. The summed E-state index contributed by atoms with van der Waals surface area (Å²) in [6.07, 6.45) is 11.7. The molecule has 1 rings (SSSR count). The van der Waals surface area contributed by atoms with Gasteiger partial charge in [-0.1, -0.05) is 82.2 Å². The van der Waals surface area contributed by atoms with Crippen LogP contribution in [-0.2, 0) is 6.42 Å². The van der Waals surface area contributed by atoms with Gasteiger partial charge in [0.2, 0.25) is 0 Å². The SMILES string of the molecule is CCCCCCCCCCN[C@@H](CO)Cc1ccccc1. The molecule has 0 aliphatic heterocycles. The maximum Gasteiger partial charge on any atom is 0.0587 e. The quantitative estimate of drug-likeness (QED) is 0.530. The molecule has 0 aromatic heterocycles. The Balaban J connectivity index is 2.00. The van der Waals surface area contributed by atoms with Gasteiger partial charge in [-0.15, -0.1) is 0 Å². The highest BCUT2D eigenvalue weighted by molar-refractivity contribution is 5.15. The molecular weight excluding hydrogens is 258 g/mol. The van der Waals surface area contributed by atoms with Crippen LogP contribution in [0.2, 0.25) is 0 Å². The third-order valence-corrected chi connectivity index (χ3v) is 4.01. The fourth-order valence-corrected chi connectivity index (χ4v) is 2.66. The van der Waals surface area contributed by atoms with Crippen molar-refractivity contribution in [3.05, 3.63) is 35.9 Å². The highest BCUT2D eigenvalue weighted by Crippen LogP contribution is 2.08. The Hall–Kier alpha value is -0.860. The first-order valence-electron chi connectivity index (χ1n) is 8.75. The third kappa shape index (κ3) is 9.65. The van der Waals surface area contributed by atoms with Crippen LogP contribution in [0.25, 0.3) is 0 Å². The zero-order valence-electron chi connectivity index (χ0n) is 13.7. The van der Waals surface area contributed by atoms with Gasteiger partial charge < -0.3 is 10.4 Å². The largest absolute Gasteiger partial charge is 0.395 e. The molecule has 0 heterocycles. The molecule has 0 aliphatic carbocycles. The molecule has 0 fully saturated rings. The molecule has 21 heavy (non-hydrogen) atoms. The lowest BCUT2D eigenvalue weighted by Gasteiger charge is -2.16. The van der Waals surface area contributed by atoms with E-state index < -0.39 is 0 Å². The molecule has 0 unspecified atom stereocenters. The van der Waals surface area contributed by atoms with Crippen LogP contribution in [-0.4, -0.2) is 24.3 Å². The minimum absolute atomic E-state index is 0.192. The molecule has 0 bridgehead atoms. The van der Waals surface area contributed by atoms with Crippen LogP contribution >= 0.6 is 0 Å². The van der Waals surface area contributed by atoms with Gasteiger partial charge in [0, 0.05) is 6.04 Å². The molecule has 0 saturated carbocycles. The maximum absolute atomic E-state index is 9.45. The van der Waals surface area contributed by atoms with E-state index in [1.807, 2.05) is 6.07 Å². The van der Waals surface area contributed by atoms with E-state index in [0.29, 0.717) is 0 Å². The average Bonchev–Trinajstić information content (AvgIpc) is 2.53. The van der Waals surface area contributed by atoms with Crippen molar-refractivity contribution in [1.29, 1.82) is 0 Å². The molecule has 120 valence electrons. The fourth-order valence-electron chi connectivity index (χ4n) is 2.66. The second-order valence-corrected chi connectivity index (χ2v) is 6.00. The summed E-state index contributed by atoms with van der Waals surface area (Å²) in [7, 11) is 0. The highest BCUT2D eigenvalue weighted by Gasteiger charge is 2.06. The first kappa shape index (κ1) is 18.2. The second-order valence-electron chi connectivity index (χ2n) is 6.00. The molecule has 1 aromatic carbocycles. The fraction of sp³-hybridized carbons (Fsp3) is 0.684. The van der Waals surface area contributed by atoms with Gasteiger partial charge in [0.15, 0.2) is 0 Å². The minimum Gasteiger partial charge on any atom is -0.395 e. The van der Waals surface area contributed by atoms with Crippen molar-refractivity contribution in [2.24, 2.45) is 0 Å². The Morgan fingerprint density at radius 3 is 2.14 bits per heavy atom. The van der Waals surface area contributed by atoms with Crippen LogP contribution in [0.4, 0.5) is 0 Å². The number of rotatable bonds is 13. The van der Waals surface area contributed by atoms with E-state index >= 15 is 0 Å². The Morgan fingerprint density at radius 2 is 1.52 bits per heavy atom. The predicted octanol–water partition coefficient (Wildman–Crippen LogP) is 4.32. The molecule has 0 radical (unpaired) electrons. The highest BCUT2D eigenvalue weighted by atomic mass is 16.3. The van der Waals surface area contributed by atoms with E-state index in [9.17, 15) is 5.11 Å². The zero-order valence-corrected chi connectivity index (χ0v) is 13.7. The Morgan fingerprint density at radius 1 is 0.905 bits per heavy atom. The predicted molar refractivity (Wildman–Crippen MR) is 91.6 cm³/mol. The number of nitrogens with one attached hydrogen (secondary N) is 1. The first-order chi connectivity index (χ1) is 10.4. The molecule has 0 saturated heterocycles. The van der Waals surface area contributed by atoms with E-state index in [2.05, 4.69) is 36.5 Å². The van der Waals surface area contributed by atoms with E-state index in [4.69, 9.17) is 0 Å². The molecule has 1 aromatic rings. The van der Waals surface area contributed by atoms with Crippen molar-refractivity contribution in [1.82, 2.24) is 5.32 Å². The number of hydrogen-bond donors (Lipinski definition) is 2. The third-order valence-electron chi connectivity index (χ3n) is 4.01. The van der Waals surface area contributed by atoms with Gasteiger partial charge in [-0.25, -0.2) is 0 Å². The number of hydrogen-bond acceptors (Lipinski definition) is 2. The topological polar surface area (TPSA) is 32.3 Å². The van der Waals surface area contributed by atoms with Crippen molar-refractivity contribution in [2.45, 2.75) is 70.8 Å². The van der Waals surface area contributed by atoms with Crippen LogP contribution in [0.3, 0.4) is 0 Å². The molecule has 0 aliphatic rings. The Bertz CT molecular complexity index is 326. The smallest absolute Gasteiger partial charge is 0.0587 e. The van der Waals surface area contributed by atoms with Crippen molar-refractivity contribution in [2.75, 3.05) is 13.2 Å². The Kier molecular flexibility index (Phi) is 11.1. The number of benzene rings is 1. The summed E-state index contributed by atoms with van der Waals surface area (Å²) in [6, 6.07) is 10.6. The minimum atomic E-state index is 0.192. The molecule has 2 N–H and O–H groups in total. The lowest BCUT2D eigenvalue weighted by molar-refractivity contribution is 0.241. The summed E-state index contributed by atoms with van der Waals surface area (Å²) in [5, 5.41) is 12.9. The van der Waals surface area contributed by atoms with Gasteiger partial charge in [-0.2, -0.15) is 0 Å². The molecule has 1 atom stereocenters.